The van der Waals surface area contributed by atoms with Gasteiger partial charge in [-0.1, -0.05) is 44.2 Å². The average Bonchev–Trinajstić information content (AvgIpc) is 2.43. The number of hydrogen-bond acceptors (Lipinski definition) is 3. The van der Waals surface area contributed by atoms with Gasteiger partial charge in [0.25, 0.3) is 5.56 Å². The second-order valence-corrected chi connectivity index (χ2v) is 5.96. The molecule has 106 valence electrons. The topological polar surface area (TPSA) is 55.0 Å². The van der Waals surface area contributed by atoms with Crippen molar-refractivity contribution in [1.82, 2.24) is 9.97 Å². The van der Waals surface area contributed by atoms with Gasteiger partial charge in [-0.3, -0.25) is 4.79 Å². The number of nitrogens with zero attached hydrogens (tertiary/aromatic N) is 1. The Kier molecular flexibility index (Phi) is 4.93. The Labute approximate surface area is 131 Å². The second kappa shape index (κ2) is 6.49. The zero-order valence-corrected chi connectivity index (χ0v) is 13.8. The molecular formula is C15H17IN2O2. The highest BCUT2D eigenvalue weighted by atomic mass is 127. The molecule has 0 aliphatic rings. The maximum atomic E-state index is 12.1. The van der Waals surface area contributed by atoms with Crippen molar-refractivity contribution in [2.75, 3.05) is 7.11 Å². The van der Waals surface area contributed by atoms with Crippen LogP contribution in [0.2, 0.25) is 0 Å². The highest BCUT2D eigenvalue weighted by Gasteiger charge is 2.20. The van der Waals surface area contributed by atoms with E-state index in [-0.39, 0.29) is 17.6 Å². The maximum Gasteiger partial charge on any atom is 0.265 e. The molecule has 5 heteroatoms. The smallest absolute Gasteiger partial charge is 0.265 e. The van der Waals surface area contributed by atoms with Crippen molar-refractivity contribution < 1.29 is 4.74 Å². The summed E-state index contributed by atoms with van der Waals surface area (Å²) in [5.74, 6) is 0.804. The number of aromatic nitrogens is 2. The quantitative estimate of drug-likeness (QED) is 0.823. The molecule has 0 aliphatic heterocycles. The number of ether oxygens (including phenoxy) is 1. The van der Waals surface area contributed by atoms with Crippen molar-refractivity contribution in [2.45, 2.75) is 20.0 Å². The highest BCUT2D eigenvalue weighted by Crippen LogP contribution is 2.25. The third-order valence-electron chi connectivity index (χ3n) is 3.06. The summed E-state index contributed by atoms with van der Waals surface area (Å²) in [4.78, 5) is 19.5. The molecule has 1 aromatic heterocycles. The Morgan fingerprint density at radius 2 is 1.90 bits per heavy atom. The number of H-pyrrole nitrogens is 1. The summed E-state index contributed by atoms with van der Waals surface area (Å²) >= 11 is 2.03. The number of benzene rings is 1. The first-order valence-electron chi connectivity index (χ1n) is 6.42. The maximum absolute atomic E-state index is 12.1. The normalized spacial score (nSPS) is 12.7. The van der Waals surface area contributed by atoms with Gasteiger partial charge in [-0.2, -0.15) is 0 Å². The zero-order valence-electron chi connectivity index (χ0n) is 11.7. The number of aromatic amines is 1. The fraction of sp³-hybridized carbons (Fsp3) is 0.333. The molecule has 0 radical (unpaired) electrons. The minimum atomic E-state index is -0.220. The molecule has 1 N–H and O–H groups in total. The summed E-state index contributed by atoms with van der Waals surface area (Å²) in [7, 11) is 1.63. The van der Waals surface area contributed by atoms with Gasteiger partial charge in [-0.25, -0.2) is 4.98 Å². The molecular weight excluding hydrogens is 367 g/mol. The second-order valence-electron chi connectivity index (χ2n) is 4.88. The Hall–Kier alpha value is -1.21. The molecule has 0 saturated carbocycles. The van der Waals surface area contributed by atoms with Crippen LogP contribution in [0.3, 0.4) is 0 Å². The van der Waals surface area contributed by atoms with Gasteiger partial charge < -0.3 is 9.72 Å². The highest BCUT2D eigenvalue weighted by molar-refractivity contribution is 14.1. The van der Waals surface area contributed by atoms with Crippen LogP contribution in [0.4, 0.5) is 0 Å². The van der Waals surface area contributed by atoms with E-state index in [9.17, 15) is 4.79 Å². The molecule has 0 amide bonds. The van der Waals surface area contributed by atoms with E-state index in [2.05, 4.69) is 9.97 Å². The summed E-state index contributed by atoms with van der Waals surface area (Å²) in [5.41, 5.74) is 1.51. The Morgan fingerprint density at radius 3 is 2.45 bits per heavy atom. The van der Waals surface area contributed by atoms with Crippen LogP contribution in [0, 0.1) is 9.49 Å². The molecule has 20 heavy (non-hydrogen) atoms. The summed E-state index contributed by atoms with van der Waals surface area (Å²) in [6.07, 6.45) is -0.220. The third kappa shape index (κ3) is 3.09. The molecule has 1 unspecified atom stereocenters. The van der Waals surface area contributed by atoms with E-state index in [1.165, 1.54) is 0 Å². The van der Waals surface area contributed by atoms with Crippen molar-refractivity contribution in [1.29, 1.82) is 0 Å². The minimum absolute atomic E-state index is 0.128. The predicted octanol–water partition coefficient (Wildman–Crippen LogP) is 3.39. The molecule has 0 spiro atoms. The first-order valence-corrected chi connectivity index (χ1v) is 7.50. The van der Waals surface area contributed by atoms with Crippen molar-refractivity contribution in [3.8, 4) is 11.3 Å². The van der Waals surface area contributed by atoms with Gasteiger partial charge in [0, 0.05) is 12.7 Å². The number of methoxy groups -OCH3 is 1. The van der Waals surface area contributed by atoms with E-state index in [1.807, 2.05) is 66.8 Å². The predicted molar refractivity (Wildman–Crippen MR) is 87.6 cm³/mol. The fourth-order valence-electron chi connectivity index (χ4n) is 2.10. The lowest BCUT2D eigenvalue weighted by molar-refractivity contribution is 0.0573. The van der Waals surface area contributed by atoms with E-state index in [0.717, 1.165) is 5.56 Å². The van der Waals surface area contributed by atoms with E-state index < -0.39 is 0 Å². The molecule has 1 aromatic carbocycles. The van der Waals surface area contributed by atoms with Gasteiger partial charge in [-0.05, 0) is 28.5 Å². The molecule has 0 fully saturated rings. The van der Waals surface area contributed by atoms with Gasteiger partial charge in [0.2, 0.25) is 0 Å². The summed E-state index contributed by atoms with van der Waals surface area (Å²) in [5, 5.41) is 0. The van der Waals surface area contributed by atoms with Crippen LogP contribution in [0.5, 0.6) is 0 Å². The van der Waals surface area contributed by atoms with Crippen LogP contribution in [-0.4, -0.2) is 17.1 Å². The zero-order chi connectivity index (χ0) is 14.7. The van der Waals surface area contributed by atoms with Gasteiger partial charge >= 0.3 is 0 Å². The van der Waals surface area contributed by atoms with E-state index in [1.54, 1.807) is 7.11 Å². The standard InChI is InChI=1S/C15H17IN2O2/c1-9(2)13(20-3)14-17-12(11(16)15(19)18-14)10-7-5-4-6-8-10/h4-9,13H,1-3H3,(H,17,18,19). The molecule has 2 aromatic rings. The van der Waals surface area contributed by atoms with Crippen molar-refractivity contribution >= 4 is 22.6 Å². The number of hydrogen-bond donors (Lipinski definition) is 1. The van der Waals surface area contributed by atoms with Crippen molar-refractivity contribution in [3.63, 3.8) is 0 Å². The lowest BCUT2D eigenvalue weighted by atomic mass is 10.1. The SMILES string of the molecule is COC(c1nc(-c2ccccc2)c(I)c(=O)[nH]1)C(C)C. The molecule has 0 bridgehead atoms. The lowest BCUT2D eigenvalue weighted by Gasteiger charge is -2.19. The van der Waals surface area contributed by atoms with E-state index >= 15 is 0 Å². The van der Waals surface area contributed by atoms with Crippen LogP contribution in [0.15, 0.2) is 35.1 Å². The fourth-order valence-corrected chi connectivity index (χ4v) is 2.66. The van der Waals surface area contributed by atoms with Gasteiger partial charge in [-0.15, -0.1) is 0 Å². The van der Waals surface area contributed by atoms with Crippen LogP contribution in [0.1, 0.15) is 25.8 Å². The van der Waals surface area contributed by atoms with E-state index in [0.29, 0.717) is 15.1 Å². The third-order valence-corrected chi connectivity index (χ3v) is 4.06. The summed E-state index contributed by atoms with van der Waals surface area (Å²) in [6, 6.07) is 9.71. The molecule has 1 atom stereocenters. The first-order chi connectivity index (χ1) is 9.54. The van der Waals surface area contributed by atoms with Crippen LogP contribution in [-0.2, 0) is 4.74 Å². The molecule has 1 heterocycles. The Bertz CT molecular complexity index is 638. The monoisotopic (exact) mass is 384 g/mol. The van der Waals surface area contributed by atoms with Crippen LogP contribution < -0.4 is 5.56 Å². The summed E-state index contributed by atoms with van der Waals surface area (Å²) < 4.78 is 6.04. The van der Waals surface area contributed by atoms with E-state index in [4.69, 9.17) is 4.74 Å². The lowest BCUT2D eigenvalue weighted by Crippen LogP contribution is -2.21. The Morgan fingerprint density at radius 1 is 1.25 bits per heavy atom. The number of halogens is 1. The van der Waals surface area contributed by atoms with Crippen molar-refractivity contribution in [3.05, 3.63) is 50.1 Å². The van der Waals surface area contributed by atoms with Crippen LogP contribution in [0.25, 0.3) is 11.3 Å². The molecule has 4 nitrogen and oxygen atoms in total. The Balaban J connectivity index is 2.59. The van der Waals surface area contributed by atoms with Gasteiger partial charge in [0.05, 0.1) is 5.69 Å². The molecule has 0 saturated heterocycles. The minimum Gasteiger partial charge on any atom is -0.373 e. The van der Waals surface area contributed by atoms with Gasteiger partial charge in [0.15, 0.2) is 0 Å². The molecule has 0 aliphatic carbocycles. The summed E-state index contributed by atoms with van der Waals surface area (Å²) in [6.45, 7) is 4.07. The van der Waals surface area contributed by atoms with Crippen LogP contribution >= 0.6 is 22.6 Å². The average molecular weight is 384 g/mol. The first kappa shape index (κ1) is 15.2. The number of rotatable bonds is 4. The molecule has 2 rings (SSSR count). The largest absolute Gasteiger partial charge is 0.373 e. The number of nitrogens with one attached hydrogen (secondary N) is 1. The van der Waals surface area contributed by atoms with Crippen molar-refractivity contribution in [2.24, 2.45) is 5.92 Å². The van der Waals surface area contributed by atoms with Gasteiger partial charge in [0.1, 0.15) is 15.5 Å².